The van der Waals surface area contributed by atoms with Crippen LogP contribution < -0.4 is 5.32 Å². The number of carbonyl (C=O) groups excluding carboxylic acids is 1. The summed E-state index contributed by atoms with van der Waals surface area (Å²) in [5.41, 5.74) is 3.81. The Hall–Kier alpha value is -3.19. The number of nitrogens with zero attached hydrogens (tertiary/aromatic N) is 3. The van der Waals surface area contributed by atoms with Gasteiger partial charge in [0.05, 0.1) is 6.54 Å². The molecule has 0 aliphatic carbocycles. The summed E-state index contributed by atoms with van der Waals surface area (Å²) in [6.45, 7) is 4.23. The van der Waals surface area contributed by atoms with Crippen molar-refractivity contribution in [3.63, 3.8) is 0 Å². The van der Waals surface area contributed by atoms with E-state index < -0.39 is 0 Å². The molecule has 158 valence electrons. The molecule has 0 saturated heterocycles. The second kappa shape index (κ2) is 9.31. The van der Waals surface area contributed by atoms with Crippen LogP contribution in [0.15, 0.2) is 72.0 Å². The fourth-order valence-corrected chi connectivity index (χ4v) is 4.19. The molecule has 0 aliphatic rings. The van der Waals surface area contributed by atoms with Gasteiger partial charge in [-0.2, -0.15) is 0 Å². The van der Waals surface area contributed by atoms with Crippen LogP contribution in [0.5, 0.6) is 0 Å². The van der Waals surface area contributed by atoms with Crippen LogP contribution in [-0.2, 0) is 12.3 Å². The number of hydrogen-bond acceptors (Lipinski definition) is 4. The molecule has 0 aliphatic heterocycles. The van der Waals surface area contributed by atoms with Crippen molar-refractivity contribution in [2.75, 3.05) is 0 Å². The van der Waals surface area contributed by atoms with Crippen molar-refractivity contribution in [3.8, 4) is 0 Å². The molecular weight excluding hydrogens is 411 g/mol. The molecule has 2 aromatic heterocycles. The smallest absolute Gasteiger partial charge is 0.251 e. The normalized spacial score (nSPS) is 11.2. The molecule has 7 heteroatoms. The fourth-order valence-electron chi connectivity index (χ4n) is 3.23. The molecule has 0 bridgehead atoms. The topological polar surface area (TPSA) is 59.8 Å². The van der Waals surface area contributed by atoms with Gasteiger partial charge in [-0.05, 0) is 49.7 Å². The predicted molar refractivity (Wildman–Crippen MR) is 122 cm³/mol. The summed E-state index contributed by atoms with van der Waals surface area (Å²) in [7, 11) is 0. The zero-order valence-corrected chi connectivity index (χ0v) is 18.2. The Bertz CT molecular complexity index is 1200. The minimum Gasteiger partial charge on any atom is -0.350 e. The van der Waals surface area contributed by atoms with Gasteiger partial charge >= 0.3 is 0 Å². The van der Waals surface area contributed by atoms with Gasteiger partial charge in [0, 0.05) is 29.1 Å². The van der Waals surface area contributed by atoms with E-state index in [0.29, 0.717) is 23.4 Å². The number of halogens is 1. The SMILES string of the molecule is CC(C)NC(=O)c1ccc(CSc2nc3cccnc3n2Cc2ccccc2F)cc1. The molecular formula is C24H23FN4OS. The summed E-state index contributed by atoms with van der Waals surface area (Å²) < 4.78 is 16.2. The number of rotatable bonds is 7. The summed E-state index contributed by atoms with van der Waals surface area (Å²) >= 11 is 1.56. The Morgan fingerprint density at radius 2 is 1.87 bits per heavy atom. The summed E-state index contributed by atoms with van der Waals surface area (Å²) in [5, 5.41) is 3.67. The van der Waals surface area contributed by atoms with E-state index in [9.17, 15) is 9.18 Å². The molecule has 1 amide bonds. The quantitative estimate of drug-likeness (QED) is 0.414. The first-order chi connectivity index (χ1) is 15.0. The molecule has 0 radical (unpaired) electrons. The first kappa shape index (κ1) is 21.1. The van der Waals surface area contributed by atoms with Crippen LogP contribution in [0.2, 0.25) is 0 Å². The van der Waals surface area contributed by atoms with Crippen molar-refractivity contribution in [1.82, 2.24) is 19.9 Å². The van der Waals surface area contributed by atoms with Crippen molar-refractivity contribution in [2.45, 2.75) is 37.3 Å². The molecule has 0 fully saturated rings. The lowest BCUT2D eigenvalue weighted by molar-refractivity contribution is 0.0943. The predicted octanol–water partition coefficient (Wildman–Crippen LogP) is 5.05. The number of imidazole rings is 1. The Morgan fingerprint density at radius 3 is 2.61 bits per heavy atom. The Kier molecular flexibility index (Phi) is 6.32. The maximum absolute atomic E-state index is 14.3. The zero-order chi connectivity index (χ0) is 21.8. The molecule has 0 atom stereocenters. The molecule has 0 unspecified atom stereocenters. The maximum atomic E-state index is 14.3. The van der Waals surface area contributed by atoms with Crippen LogP contribution in [-0.4, -0.2) is 26.5 Å². The number of carbonyl (C=O) groups is 1. The van der Waals surface area contributed by atoms with Crippen LogP contribution in [0, 0.1) is 5.82 Å². The Morgan fingerprint density at radius 1 is 1.10 bits per heavy atom. The van der Waals surface area contributed by atoms with Crippen molar-refractivity contribution in [1.29, 1.82) is 0 Å². The lowest BCUT2D eigenvalue weighted by Crippen LogP contribution is -2.29. The number of pyridine rings is 1. The van der Waals surface area contributed by atoms with Crippen molar-refractivity contribution in [2.24, 2.45) is 0 Å². The van der Waals surface area contributed by atoms with Crippen LogP contribution in [0.25, 0.3) is 11.2 Å². The zero-order valence-electron chi connectivity index (χ0n) is 17.4. The minimum atomic E-state index is -0.244. The second-order valence-electron chi connectivity index (χ2n) is 7.53. The molecule has 0 spiro atoms. The van der Waals surface area contributed by atoms with E-state index >= 15 is 0 Å². The molecule has 2 heterocycles. The standard InChI is InChI=1S/C24H23FN4OS/c1-16(2)27-23(30)18-11-9-17(10-12-18)15-31-24-28-21-8-5-13-26-22(21)29(24)14-19-6-3-4-7-20(19)25/h3-13,16H,14-15H2,1-2H3,(H,27,30). The number of aromatic nitrogens is 3. The number of nitrogens with one attached hydrogen (secondary N) is 1. The van der Waals surface area contributed by atoms with Gasteiger partial charge in [0.1, 0.15) is 11.3 Å². The summed E-state index contributed by atoms with van der Waals surface area (Å²) in [4.78, 5) is 21.3. The van der Waals surface area contributed by atoms with Crippen molar-refractivity contribution < 1.29 is 9.18 Å². The van der Waals surface area contributed by atoms with Gasteiger partial charge in [-0.3, -0.25) is 9.36 Å². The van der Waals surface area contributed by atoms with Crippen molar-refractivity contribution in [3.05, 3.63) is 89.4 Å². The van der Waals surface area contributed by atoms with E-state index in [1.807, 2.05) is 60.9 Å². The monoisotopic (exact) mass is 434 g/mol. The molecule has 4 rings (SSSR count). The van der Waals surface area contributed by atoms with E-state index in [-0.39, 0.29) is 17.8 Å². The van der Waals surface area contributed by atoms with Crippen LogP contribution in [0.3, 0.4) is 0 Å². The van der Waals surface area contributed by atoms with Crippen LogP contribution >= 0.6 is 11.8 Å². The Labute approximate surface area is 184 Å². The highest BCUT2D eigenvalue weighted by atomic mass is 32.2. The van der Waals surface area contributed by atoms with Gasteiger partial charge in [0.15, 0.2) is 10.8 Å². The summed E-state index contributed by atoms with van der Waals surface area (Å²) in [6.07, 6.45) is 1.72. The molecule has 31 heavy (non-hydrogen) atoms. The third-order valence-electron chi connectivity index (χ3n) is 4.76. The molecule has 5 nitrogen and oxygen atoms in total. The van der Waals surface area contributed by atoms with Crippen LogP contribution in [0.4, 0.5) is 4.39 Å². The van der Waals surface area contributed by atoms with Gasteiger partial charge in [-0.15, -0.1) is 0 Å². The minimum absolute atomic E-state index is 0.0769. The van der Waals surface area contributed by atoms with Gasteiger partial charge in [-0.1, -0.05) is 42.1 Å². The average molecular weight is 435 g/mol. The van der Waals surface area contributed by atoms with Gasteiger partial charge < -0.3 is 5.32 Å². The molecule has 4 aromatic rings. The first-order valence-electron chi connectivity index (χ1n) is 10.1. The van der Waals surface area contributed by atoms with E-state index in [4.69, 9.17) is 4.98 Å². The van der Waals surface area contributed by atoms with E-state index in [1.165, 1.54) is 6.07 Å². The molecule has 1 N–H and O–H groups in total. The highest BCUT2D eigenvalue weighted by Crippen LogP contribution is 2.27. The van der Waals surface area contributed by atoms with Gasteiger partial charge in [0.25, 0.3) is 5.91 Å². The lowest BCUT2D eigenvalue weighted by atomic mass is 10.1. The van der Waals surface area contributed by atoms with E-state index in [0.717, 1.165) is 21.9 Å². The Balaban J connectivity index is 1.55. The van der Waals surface area contributed by atoms with E-state index in [2.05, 4.69) is 10.3 Å². The number of fused-ring (bicyclic) bond motifs is 1. The van der Waals surface area contributed by atoms with Gasteiger partial charge in [-0.25, -0.2) is 14.4 Å². The van der Waals surface area contributed by atoms with Crippen molar-refractivity contribution >= 4 is 28.8 Å². The third-order valence-corrected chi connectivity index (χ3v) is 5.81. The van der Waals surface area contributed by atoms with Gasteiger partial charge in [0.2, 0.25) is 0 Å². The summed E-state index contributed by atoms with van der Waals surface area (Å²) in [5.74, 6) is 0.352. The highest BCUT2D eigenvalue weighted by molar-refractivity contribution is 7.98. The van der Waals surface area contributed by atoms with E-state index in [1.54, 1.807) is 30.1 Å². The number of benzene rings is 2. The number of thioether (sulfide) groups is 1. The molecule has 2 aromatic carbocycles. The first-order valence-corrected chi connectivity index (χ1v) is 11.1. The maximum Gasteiger partial charge on any atom is 0.251 e. The average Bonchev–Trinajstić information content (AvgIpc) is 3.11. The number of hydrogen-bond donors (Lipinski definition) is 1. The largest absolute Gasteiger partial charge is 0.350 e. The van der Waals surface area contributed by atoms with Crippen LogP contribution in [0.1, 0.15) is 35.3 Å². The second-order valence-corrected chi connectivity index (χ2v) is 8.47. The summed E-state index contributed by atoms with van der Waals surface area (Å²) in [6, 6.07) is 18.2. The lowest BCUT2D eigenvalue weighted by Gasteiger charge is -2.10. The fraction of sp³-hybridized carbons (Fsp3) is 0.208. The number of amides is 1. The third kappa shape index (κ3) is 4.94. The highest BCUT2D eigenvalue weighted by Gasteiger charge is 2.14. The molecule has 0 saturated carbocycles.